The molecule has 0 spiro atoms. The van der Waals surface area contributed by atoms with E-state index in [0.29, 0.717) is 6.04 Å². The van der Waals surface area contributed by atoms with E-state index >= 15 is 0 Å². The zero-order valence-electron chi connectivity index (χ0n) is 11.0. The third-order valence-corrected chi connectivity index (χ3v) is 3.43. The Kier molecular flexibility index (Phi) is 7.01. The van der Waals surface area contributed by atoms with Crippen LogP contribution in [0.5, 0.6) is 0 Å². The molecule has 3 heteroatoms. The van der Waals surface area contributed by atoms with E-state index in [1.807, 2.05) is 0 Å². The van der Waals surface area contributed by atoms with E-state index in [1.54, 1.807) is 7.11 Å². The molecule has 1 saturated heterocycles. The number of piperidine rings is 1. The Labute approximate surface area is 100 Å². The van der Waals surface area contributed by atoms with Gasteiger partial charge in [-0.25, -0.2) is 0 Å². The van der Waals surface area contributed by atoms with Crippen molar-refractivity contribution in [2.24, 2.45) is 11.7 Å². The van der Waals surface area contributed by atoms with Crippen LogP contribution in [-0.2, 0) is 4.74 Å². The third kappa shape index (κ3) is 5.28. The van der Waals surface area contributed by atoms with Crippen LogP contribution in [0.3, 0.4) is 0 Å². The van der Waals surface area contributed by atoms with Crippen LogP contribution in [0.15, 0.2) is 0 Å². The summed E-state index contributed by atoms with van der Waals surface area (Å²) in [6.45, 7) is 6.59. The Bertz CT molecular complexity index is 173. The van der Waals surface area contributed by atoms with Crippen LogP contribution in [0.4, 0.5) is 0 Å². The van der Waals surface area contributed by atoms with Crippen molar-refractivity contribution in [2.75, 3.05) is 33.4 Å². The fourth-order valence-corrected chi connectivity index (χ4v) is 2.58. The number of nitrogens with two attached hydrogens (primary N) is 1. The number of nitrogens with zero attached hydrogens (tertiary/aromatic N) is 1. The van der Waals surface area contributed by atoms with Gasteiger partial charge in [0, 0.05) is 26.2 Å². The number of methoxy groups -OCH3 is 1. The normalized spacial score (nSPS) is 24.6. The minimum Gasteiger partial charge on any atom is -0.384 e. The minimum atomic E-state index is 0.362. The summed E-state index contributed by atoms with van der Waals surface area (Å²) in [5.41, 5.74) is 6.14. The molecule has 0 bridgehead atoms. The number of unbranched alkanes of at least 4 members (excludes halogenated alkanes) is 1. The molecule has 96 valence electrons. The van der Waals surface area contributed by atoms with E-state index in [2.05, 4.69) is 11.8 Å². The monoisotopic (exact) mass is 228 g/mol. The lowest BCUT2D eigenvalue weighted by molar-refractivity contribution is 0.0873. The molecule has 16 heavy (non-hydrogen) atoms. The van der Waals surface area contributed by atoms with E-state index < -0.39 is 0 Å². The first-order valence-electron chi connectivity index (χ1n) is 6.73. The predicted octanol–water partition coefficient (Wildman–Crippen LogP) is 1.86. The maximum absolute atomic E-state index is 6.14. The summed E-state index contributed by atoms with van der Waals surface area (Å²) in [5.74, 6) is 0.720. The molecule has 0 amide bonds. The maximum atomic E-state index is 6.14. The molecule has 0 aromatic carbocycles. The standard InChI is InChI=1S/C13H28N2O/c1-3-4-7-13(14)10-15-8-5-6-12(9-15)11-16-2/h12-13H,3-11,14H2,1-2H3. The highest BCUT2D eigenvalue weighted by Crippen LogP contribution is 2.17. The number of ether oxygens (including phenoxy) is 1. The Hall–Kier alpha value is -0.120. The highest BCUT2D eigenvalue weighted by molar-refractivity contribution is 4.76. The second-order valence-electron chi connectivity index (χ2n) is 5.13. The van der Waals surface area contributed by atoms with Crippen molar-refractivity contribution in [2.45, 2.75) is 45.1 Å². The molecular weight excluding hydrogens is 200 g/mol. The molecule has 1 aliphatic heterocycles. The largest absolute Gasteiger partial charge is 0.384 e. The van der Waals surface area contributed by atoms with Gasteiger partial charge in [-0.05, 0) is 31.7 Å². The van der Waals surface area contributed by atoms with Gasteiger partial charge in [-0.1, -0.05) is 19.8 Å². The average molecular weight is 228 g/mol. The van der Waals surface area contributed by atoms with Crippen LogP contribution in [0.2, 0.25) is 0 Å². The van der Waals surface area contributed by atoms with Crippen LogP contribution in [0, 0.1) is 5.92 Å². The van der Waals surface area contributed by atoms with Crippen LogP contribution >= 0.6 is 0 Å². The molecule has 0 radical (unpaired) electrons. The first-order valence-corrected chi connectivity index (χ1v) is 6.73. The Morgan fingerprint density at radius 1 is 1.50 bits per heavy atom. The number of rotatable bonds is 7. The zero-order chi connectivity index (χ0) is 11.8. The summed E-state index contributed by atoms with van der Waals surface area (Å²) in [6.07, 6.45) is 6.29. The van der Waals surface area contributed by atoms with Gasteiger partial charge < -0.3 is 15.4 Å². The second-order valence-corrected chi connectivity index (χ2v) is 5.13. The van der Waals surface area contributed by atoms with Crippen molar-refractivity contribution in [3.05, 3.63) is 0 Å². The average Bonchev–Trinajstić information content (AvgIpc) is 2.27. The summed E-state index contributed by atoms with van der Waals surface area (Å²) in [4.78, 5) is 2.52. The Morgan fingerprint density at radius 3 is 3.00 bits per heavy atom. The van der Waals surface area contributed by atoms with E-state index in [9.17, 15) is 0 Å². The first kappa shape index (κ1) is 13.9. The lowest BCUT2D eigenvalue weighted by Gasteiger charge is -2.33. The van der Waals surface area contributed by atoms with Crippen molar-refractivity contribution < 1.29 is 4.74 Å². The summed E-state index contributed by atoms with van der Waals surface area (Å²) in [6, 6.07) is 0.362. The van der Waals surface area contributed by atoms with Crippen LogP contribution < -0.4 is 5.73 Å². The van der Waals surface area contributed by atoms with Gasteiger partial charge >= 0.3 is 0 Å². The highest BCUT2D eigenvalue weighted by Gasteiger charge is 2.20. The highest BCUT2D eigenvalue weighted by atomic mass is 16.5. The number of likely N-dealkylation sites (tertiary alicyclic amines) is 1. The van der Waals surface area contributed by atoms with Crippen LogP contribution in [0.1, 0.15) is 39.0 Å². The molecule has 2 atom stereocenters. The van der Waals surface area contributed by atoms with Crippen molar-refractivity contribution >= 4 is 0 Å². The SMILES string of the molecule is CCCCC(N)CN1CCCC(COC)C1. The first-order chi connectivity index (χ1) is 7.76. The van der Waals surface area contributed by atoms with Crippen molar-refractivity contribution in [3.63, 3.8) is 0 Å². The molecular formula is C13H28N2O. The molecule has 1 heterocycles. The Balaban J connectivity index is 2.20. The fraction of sp³-hybridized carbons (Fsp3) is 1.00. The molecule has 2 N–H and O–H groups in total. The van der Waals surface area contributed by atoms with Crippen LogP contribution in [0.25, 0.3) is 0 Å². The van der Waals surface area contributed by atoms with E-state index in [4.69, 9.17) is 10.5 Å². The fourth-order valence-electron chi connectivity index (χ4n) is 2.58. The zero-order valence-corrected chi connectivity index (χ0v) is 11.0. The molecule has 0 aromatic heterocycles. The van der Waals surface area contributed by atoms with E-state index in [1.165, 1.54) is 45.2 Å². The van der Waals surface area contributed by atoms with Gasteiger partial charge in [-0.3, -0.25) is 0 Å². The smallest absolute Gasteiger partial charge is 0.0502 e. The predicted molar refractivity (Wildman–Crippen MR) is 68.5 cm³/mol. The molecule has 0 saturated carbocycles. The molecule has 0 aromatic rings. The van der Waals surface area contributed by atoms with Gasteiger partial charge in [-0.15, -0.1) is 0 Å². The van der Waals surface area contributed by atoms with Gasteiger partial charge in [-0.2, -0.15) is 0 Å². The van der Waals surface area contributed by atoms with Gasteiger partial charge in [0.15, 0.2) is 0 Å². The minimum absolute atomic E-state index is 0.362. The molecule has 1 aliphatic rings. The summed E-state index contributed by atoms with van der Waals surface area (Å²) >= 11 is 0. The summed E-state index contributed by atoms with van der Waals surface area (Å²) in [7, 11) is 1.80. The quantitative estimate of drug-likeness (QED) is 0.723. The summed E-state index contributed by atoms with van der Waals surface area (Å²) in [5, 5.41) is 0. The molecule has 3 nitrogen and oxygen atoms in total. The maximum Gasteiger partial charge on any atom is 0.0502 e. The lowest BCUT2D eigenvalue weighted by atomic mass is 9.98. The van der Waals surface area contributed by atoms with E-state index in [-0.39, 0.29) is 0 Å². The van der Waals surface area contributed by atoms with Gasteiger partial charge in [0.05, 0.1) is 6.61 Å². The third-order valence-electron chi connectivity index (χ3n) is 3.43. The molecule has 1 rings (SSSR count). The lowest BCUT2D eigenvalue weighted by Crippen LogP contribution is -2.43. The molecule has 2 unspecified atom stereocenters. The van der Waals surface area contributed by atoms with Gasteiger partial charge in [0.1, 0.15) is 0 Å². The molecule has 1 fully saturated rings. The Morgan fingerprint density at radius 2 is 2.31 bits per heavy atom. The number of hydrogen-bond donors (Lipinski definition) is 1. The second kappa shape index (κ2) is 8.04. The van der Waals surface area contributed by atoms with Crippen molar-refractivity contribution in [1.82, 2.24) is 4.90 Å². The van der Waals surface area contributed by atoms with E-state index in [0.717, 1.165) is 19.1 Å². The topological polar surface area (TPSA) is 38.5 Å². The van der Waals surface area contributed by atoms with Crippen molar-refractivity contribution in [3.8, 4) is 0 Å². The molecule has 0 aliphatic carbocycles. The van der Waals surface area contributed by atoms with Crippen molar-refractivity contribution in [1.29, 1.82) is 0 Å². The van der Waals surface area contributed by atoms with Gasteiger partial charge in [0.25, 0.3) is 0 Å². The van der Waals surface area contributed by atoms with Gasteiger partial charge in [0.2, 0.25) is 0 Å². The van der Waals surface area contributed by atoms with Crippen LogP contribution in [-0.4, -0.2) is 44.3 Å². The number of hydrogen-bond acceptors (Lipinski definition) is 3. The summed E-state index contributed by atoms with van der Waals surface area (Å²) < 4.78 is 5.24.